The van der Waals surface area contributed by atoms with Crippen LogP contribution in [0.15, 0.2) is 24.4 Å². The Morgan fingerprint density at radius 3 is 2.92 bits per heavy atom. The van der Waals surface area contributed by atoms with Gasteiger partial charge in [-0.25, -0.2) is 0 Å². The molecule has 13 heavy (non-hydrogen) atoms. The third kappa shape index (κ3) is 3.98. The highest BCUT2D eigenvalue weighted by Gasteiger charge is 2.00. The largest absolute Gasteiger partial charge is 0.394 e. The number of nitrogens with one attached hydrogen (secondary N) is 1. The van der Waals surface area contributed by atoms with Gasteiger partial charge in [-0.1, -0.05) is 6.07 Å². The Labute approximate surface area is 77.2 Å². The molecule has 1 aromatic rings. The molecule has 1 rings (SSSR count). The van der Waals surface area contributed by atoms with Gasteiger partial charge in [-0.05, 0) is 12.1 Å². The number of aliphatic hydroxyl groups is 2. The molecule has 0 aromatic carbocycles. The summed E-state index contributed by atoms with van der Waals surface area (Å²) >= 11 is 0. The Balaban J connectivity index is 2.20. The van der Waals surface area contributed by atoms with E-state index in [1.165, 1.54) is 0 Å². The van der Waals surface area contributed by atoms with Gasteiger partial charge in [-0.15, -0.1) is 0 Å². The highest BCUT2D eigenvalue weighted by atomic mass is 16.3. The predicted octanol–water partition coefficient (Wildman–Crippen LogP) is -0.476. The molecule has 0 bridgehead atoms. The molecule has 0 radical (unpaired) electrons. The summed E-state index contributed by atoms with van der Waals surface area (Å²) in [4.78, 5) is 4.09. The average molecular weight is 182 g/mol. The van der Waals surface area contributed by atoms with E-state index in [4.69, 9.17) is 10.2 Å². The Bertz CT molecular complexity index is 228. The van der Waals surface area contributed by atoms with Gasteiger partial charge in [0.2, 0.25) is 0 Å². The van der Waals surface area contributed by atoms with Crippen molar-refractivity contribution in [3.63, 3.8) is 0 Å². The zero-order valence-corrected chi connectivity index (χ0v) is 7.35. The predicted molar refractivity (Wildman–Crippen MR) is 49.0 cm³/mol. The highest BCUT2D eigenvalue weighted by Crippen LogP contribution is 1.91. The summed E-state index contributed by atoms with van der Waals surface area (Å²) in [6.07, 6.45) is 1.03. The molecule has 0 aliphatic rings. The molecule has 0 spiro atoms. The molecule has 4 heteroatoms. The summed E-state index contributed by atoms with van der Waals surface area (Å²) in [6.45, 7) is 0.778. The number of nitrogens with zero attached hydrogens (tertiary/aromatic N) is 1. The second-order valence-corrected chi connectivity index (χ2v) is 2.79. The zero-order chi connectivity index (χ0) is 9.52. The molecule has 0 amide bonds. The van der Waals surface area contributed by atoms with Gasteiger partial charge in [-0.3, -0.25) is 4.98 Å². The summed E-state index contributed by atoms with van der Waals surface area (Å²) in [6, 6.07) is 5.66. The molecule has 4 nitrogen and oxygen atoms in total. The van der Waals surface area contributed by atoms with Gasteiger partial charge >= 0.3 is 0 Å². The normalized spacial score (nSPS) is 12.8. The van der Waals surface area contributed by atoms with Crippen molar-refractivity contribution in [1.82, 2.24) is 10.3 Å². The molecule has 0 fully saturated rings. The smallest absolute Gasteiger partial charge is 0.0895 e. The van der Waals surface area contributed by atoms with Gasteiger partial charge < -0.3 is 15.5 Å². The lowest BCUT2D eigenvalue weighted by atomic mass is 10.3. The lowest BCUT2D eigenvalue weighted by Gasteiger charge is -2.07. The maximum absolute atomic E-state index is 9.00. The van der Waals surface area contributed by atoms with Crippen molar-refractivity contribution < 1.29 is 10.2 Å². The SMILES string of the molecule is OC[C@@H](O)CNCc1ccccn1. The molecule has 1 atom stereocenters. The molecule has 3 N–H and O–H groups in total. The topological polar surface area (TPSA) is 65.4 Å². The molecule has 0 saturated heterocycles. The first kappa shape index (κ1) is 10.1. The van der Waals surface area contributed by atoms with E-state index in [1.54, 1.807) is 6.20 Å². The molecule has 72 valence electrons. The van der Waals surface area contributed by atoms with E-state index < -0.39 is 6.10 Å². The summed E-state index contributed by atoms with van der Waals surface area (Å²) in [5, 5.41) is 20.5. The Morgan fingerprint density at radius 2 is 2.31 bits per heavy atom. The molecule has 1 aromatic heterocycles. The van der Waals surface area contributed by atoms with Crippen LogP contribution in [0.2, 0.25) is 0 Å². The number of aromatic nitrogens is 1. The van der Waals surface area contributed by atoms with Crippen LogP contribution in [0, 0.1) is 0 Å². The number of hydrogen-bond donors (Lipinski definition) is 3. The van der Waals surface area contributed by atoms with Crippen molar-refractivity contribution in [3.05, 3.63) is 30.1 Å². The molecular formula is C9H14N2O2. The van der Waals surface area contributed by atoms with E-state index in [0.29, 0.717) is 13.1 Å². The van der Waals surface area contributed by atoms with Gasteiger partial charge in [0.05, 0.1) is 18.4 Å². The Morgan fingerprint density at radius 1 is 1.46 bits per heavy atom. The van der Waals surface area contributed by atoms with Crippen LogP contribution in [-0.4, -0.2) is 34.5 Å². The zero-order valence-electron chi connectivity index (χ0n) is 7.35. The lowest BCUT2D eigenvalue weighted by Crippen LogP contribution is -2.29. The van der Waals surface area contributed by atoms with Crippen LogP contribution in [0.5, 0.6) is 0 Å². The molecule has 0 aliphatic heterocycles. The molecule has 1 heterocycles. The van der Waals surface area contributed by atoms with E-state index in [0.717, 1.165) is 5.69 Å². The summed E-state index contributed by atoms with van der Waals surface area (Å²) in [7, 11) is 0. The lowest BCUT2D eigenvalue weighted by molar-refractivity contribution is 0.0941. The highest BCUT2D eigenvalue weighted by molar-refractivity contribution is 5.02. The standard InChI is InChI=1S/C9H14N2O2/c12-7-9(13)6-10-5-8-3-1-2-4-11-8/h1-4,9-10,12-13H,5-7H2/t9-/m0/s1. The van der Waals surface area contributed by atoms with Crippen molar-refractivity contribution in [2.45, 2.75) is 12.6 Å². The van der Waals surface area contributed by atoms with Crippen LogP contribution in [0.4, 0.5) is 0 Å². The first-order chi connectivity index (χ1) is 6.33. The number of pyridine rings is 1. The summed E-state index contributed by atoms with van der Waals surface area (Å²) in [5.74, 6) is 0. The van der Waals surface area contributed by atoms with Crippen LogP contribution in [0.1, 0.15) is 5.69 Å². The van der Waals surface area contributed by atoms with E-state index >= 15 is 0 Å². The minimum atomic E-state index is -0.691. The quantitative estimate of drug-likeness (QED) is 0.575. The number of hydrogen-bond acceptors (Lipinski definition) is 4. The second kappa shape index (κ2) is 5.64. The Hall–Kier alpha value is -0.970. The summed E-state index contributed by atoms with van der Waals surface area (Å²) < 4.78 is 0. The fraction of sp³-hybridized carbons (Fsp3) is 0.444. The van der Waals surface area contributed by atoms with Crippen molar-refractivity contribution in [2.24, 2.45) is 0 Å². The molecule has 0 aliphatic carbocycles. The van der Waals surface area contributed by atoms with E-state index in [-0.39, 0.29) is 6.61 Å². The van der Waals surface area contributed by atoms with Gasteiger partial charge in [0.1, 0.15) is 0 Å². The fourth-order valence-corrected chi connectivity index (χ4v) is 0.934. The minimum Gasteiger partial charge on any atom is -0.394 e. The molecule has 0 unspecified atom stereocenters. The number of rotatable bonds is 5. The van der Waals surface area contributed by atoms with Crippen LogP contribution in [0.25, 0.3) is 0 Å². The van der Waals surface area contributed by atoms with E-state index in [1.807, 2.05) is 18.2 Å². The maximum Gasteiger partial charge on any atom is 0.0895 e. The minimum absolute atomic E-state index is 0.213. The third-order valence-electron chi connectivity index (χ3n) is 1.62. The monoisotopic (exact) mass is 182 g/mol. The van der Waals surface area contributed by atoms with Gasteiger partial charge in [-0.2, -0.15) is 0 Å². The first-order valence-corrected chi connectivity index (χ1v) is 4.22. The summed E-state index contributed by atoms with van der Waals surface area (Å²) in [5.41, 5.74) is 0.924. The van der Waals surface area contributed by atoms with Gasteiger partial charge in [0, 0.05) is 19.3 Å². The first-order valence-electron chi connectivity index (χ1n) is 4.22. The van der Waals surface area contributed by atoms with Crippen LogP contribution >= 0.6 is 0 Å². The Kier molecular flexibility index (Phi) is 4.39. The maximum atomic E-state index is 9.00. The average Bonchev–Trinajstić information content (AvgIpc) is 2.19. The van der Waals surface area contributed by atoms with Crippen LogP contribution < -0.4 is 5.32 Å². The van der Waals surface area contributed by atoms with Crippen molar-refractivity contribution in [3.8, 4) is 0 Å². The van der Waals surface area contributed by atoms with Crippen LogP contribution in [0.3, 0.4) is 0 Å². The third-order valence-corrected chi connectivity index (χ3v) is 1.62. The van der Waals surface area contributed by atoms with E-state index in [9.17, 15) is 0 Å². The van der Waals surface area contributed by atoms with Crippen molar-refractivity contribution >= 4 is 0 Å². The van der Waals surface area contributed by atoms with Gasteiger partial charge in [0.15, 0.2) is 0 Å². The van der Waals surface area contributed by atoms with Crippen molar-refractivity contribution in [2.75, 3.05) is 13.2 Å². The molecular weight excluding hydrogens is 168 g/mol. The number of aliphatic hydroxyl groups excluding tert-OH is 2. The van der Waals surface area contributed by atoms with Crippen molar-refractivity contribution in [1.29, 1.82) is 0 Å². The fourth-order valence-electron chi connectivity index (χ4n) is 0.934. The molecule has 0 saturated carbocycles. The van der Waals surface area contributed by atoms with E-state index in [2.05, 4.69) is 10.3 Å². The van der Waals surface area contributed by atoms with Crippen LogP contribution in [-0.2, 0) is 6.54 Å². The second-order valence-electron chi connectivity index (χ2n) is 2.79. The van der Waals surface area contributed by atoms with Gasteiger partial charge in [0.25, 0.3) is 0 Å².